The minimum atomic E-state index is -4.40. The first-order chi connectivity index (χ1) is 13.5. The van der Waals surface area contributed by atoms with Crippen molar-refractivity contribution >= 4 is 20.9 Å². The van der Waals surface area contributed by atoms with Crippen molar-refractivity contribution in [3.8, 4) is 0 Å². The normalized spacial score (nSPS) is 11.5. The Morgan fingerprint density at radius 1 is 0.690 bits per heavy atom. The summed E-state index contributed by atoms with van der Waals surface area (Å²) in [4.78, 5) is -0.150. The Morgan fingerprint density at radius 3 is 1.76 bits per heavy atom. The molecule has 0 radical (unpaired) electrons. The first-order valence-electron chi connectivity index (χ1n) is 11.0. The van der Waals surface area contributed by atoms with E-state index in [-0.39, 0.29) is 56.3 Å². The van der Waals surface area contributed by atoms with Crippen molar-refractivity contribution < 1.29 is 64.4 Å². The van der Waals surface area contributed by atoms with E-state index in [0.717, 1.165) is 23.6 Å². The van der Waals surface area contributed by atoms with Crippen LogP contribution in [-0.2, 0) is 16.5 Å². The van der Waals surface area contributed by atoms with Crippen LogP contribution in [0, 0.1) is 0 Å². The smallest absolute Gasteiger partial charge is 0.744 e. The third-order valence-corrected chi connectivity index (χ3v) is 6.32. The predicted molar refractivity (Wildman–Crippen MR) is 117 cm³/mol. The quantitative estimate of drug-likeness (QED) is 0.252. The van der Waals surface area contributed by atoms with Crippen LogP contribution >= 0.6 is 0 Å². The molecule has 0 amide bonds. The Bertz CT molecular complexity index is 818. The van der Waals surface area contributed by atoms with Gasteiger partial charge in [0.25, 0.3) is 0 Å². The maximum absolute atomic E-state index is 11.2. The molecule has 29 heavy (non-hydrogen) atoms. The zero-order valence-electron chi connectivity index (χ0n) is 18.3. The van der Waals surface area contributed by atoms with Crippen molar-refractivity contribution in [1.29, 1.82) is 0 Å². The second-order valence-electron chi connectivity index (χ2n) is 7.94. The van der Waals surface area contributed by atoms with Gasteiger partial charge in [-0.3, -0.25) is 0 Å². The van der Waals surface area contributed by atoms with Gasteiger partial charge >= 0.3 is 51.4 Å². The summed E-state index contributed by atoms with van der Waals surface area (Å²) in [7, 11) is -4.40. The summed E-state index contributed by atoms with van der Waals surface area (Å²) in [6.45, 7) is 2.26. The molecule has 0 aliphatic heterocycles. The Kier molecular flexibility index (Phi) is 14.2. The molecule has 0 aromatic heterocycles. The molecule has 0 aliphatic carbocycles. The number of unbranched alkanes of at least 4 members (excludes halogenated alkanes) is 11. The summed E-state index contributed by atoms with van der Waals surface area (Å²) in [5.74, 6) is 0. The molecule has 0 atom stereocenters. The van der Waals surface area contributed by atoms with E-state index in [2.05, 4.69) is 13.0 Å². The summed E-state index contributed by atoms with van der Waals surface area (Å²) >= 11 is 0. The standard InChI is InChI=1S/C24H36O3S.K/c1-2-3-4-5-6-7-8-9-10-11-12-13-14-21-15-16-22-17-18-24(28(25,26)27)20-23(22)19-21;/h15-20H,2-14H2,1H3,(H,25,26,27);/q;+1/p-1. The average molecular weight is 443 g/mol. The van der Waals surface area contributed by atoms with Crippen molar-refractivity contribution in [3.63, 3.8) is 0 Å². The van der Waals surface area contributed by atoms with E-state index in [1.54, 1.807) is 6.07 Å². The fourth-order valence-electron chi connectivity index (χ4n) is 3.76. The molecule has 0 heterocycles. The summed E-state index contributed by atoms with van der Waals surface area (Å²) < 4.78 is 33.6. The number of aryl methyl sites for hydroxylation is 1. The Hall–Kier alpha value is 0.246. The molecule has 0 aliphatic rings. The summed E-state index contributed by atoms with van der Waals surface area (Å²) in [5.41, 5.74) is 1.21. The molecular weight excluding hydrogens is 407 g/mol. The van der Waals surface area contributed by atoms with Crippen LogP contribution in [0.15, 0.2) is 41.3 Å². The molecule has 0 bridgehead atoms. The van der Waals surface area contributed by atoms with Crippen LogP contribution in [0.2, 0.25) is 0 Å². The van der Waals surface area contributed by atoms with E-state index in [1.807, 2.05) is 12.1 Å². The third kappa shape index (κ3) is 10.9. The van der Waals surface area contributed by atoms with E-state index in [0.29, 0.717) is 0 Å². The molecule has 0 fully saturated rings. The van der Waals surface area contributed by atoms with Crippen LogP contribution in [0.4, 0.5) is 0 Å². The average Bonchev–Trinajstić information content (AvgIpc) is 2.67. The van der Waals surface area contributed by atoms with Crippen LogP contribution in [0.1, 0.15) is 89.5 Å². The first kappa shape index (κ1) is 27.3. The van der Waals surface area contributed by atoms with Gasteiger partial charge in [-0.05, 0) is 41.3 Å². The topological polar surface area (TPSA) is 57.2 Å². The predicted octanol–water partition coefficient (Wildman–Crippen LogP) is 3.99. The zero-order chi connectivity index (χ0) is 20.2. The summed E-state index contributed by atoms with van der Waals surface area (Å²) in [5, 5.41) is 1.79. The summed E-state index contributed by atoms with van der Waals surface area (Å²) in [6, 6.07) is 10.7. The van der Waals surface area contributed by atoms with Crippen LogP contribution in [0.3, 0.4) is 0 Å². The van der Waals surface area contributed by atoms with Gasteiger partial charge in [-0.2, -0.15) is 0 Å². The molecule has 2 aromatic carbocycles. The monoisotopic (exact) mass is 442 g/mol. The van der Waals surface area contributed by atoms with Crippen LogP contribution < -0.4 is 51.4 Å². The molecule has 156 valence electrons. The van der Waals surface area contributed by atoms with Crippen LogP contribution in [0.5, 0.6) is 0 Å². The Balaban J connectivity index is 0.00000420. The molecule has 0 unspecified atom stereocenters. The van der Waals surface area contributed by atoms with Crippen molar-refractivity contribution in [3.05, 3.63) is 42.0 Å². The number of fused-ring (bicyclic) bond motifs is 1. The van der Waals surface area contributed by atoms with Crippen molar-refractivity contribution in [1.82, 2.24) is 0 Å². The maximum atomic E-state index is 11.2. The molecule has 2 aromatic rings. The van der Waals surface area contributed by atoms with Gasteiger partial charge in [0, 0.05) is 0 Å². The Morgan fingerprint density at radius 2 is 1.21 bits per heavy atom. The van der Waals surface area contributed by atoms with Gasteiger partial charge < -0.3 is 4.55 Å². The summed E-state index contributed by atoms with van der Waals surface area (Å²) in [6.07, 6.45) is 17.1. The van der Waals surface area contributed by atoms with Crippen LogP contribution in [-0.4, -0.2) is 13.0 Å². The second-order valence-corrected chi connectivity index (χ2v) is 9.32. The van der Waals surface area contributed by atoms with Gasteiger partial charge in [-0.15, -0.1) is 0 Å². The molecule has 5 heteroatoms. The van der Waals surface area contributed by atoms with Gasteiger partial charge in [0.15, 0.2) is 0 Å². The molecule has 0 saturated carbocycles. The molecule has 0 saturated heterocycles. The van der Waals surface area contributed by atoms with Gasteiger partial charge in [0.2, 0.25) is 0 Å². The molecule has 2 rings (SSSR count). The minimum absolute atomic E-state index is 0. The molecule has 0 spiro atoms. The number of hydrogen-bond donors (Lipinski definition) is 0. The second kappa shape index (κ2) is 15.1. The van der Waals surface area contributed by atoms with Gasteiger partial charge in [0.05, 0.1) is 4.90 Å². The van der Waals surface area contributed by atoms with Gasteiger partial charge in [0.1, 0.15) is 10.1 Å². The third-order valence-electron chi connectivity index (χ3n) is 5.48. The van der Waals surface area contributed by atoms with Crippen LogP contribution in [0.25, 0.3) is 10.8 Å². The number of rotatable bonds is 14. The number of benzene rings is 2. The van der Waals surface area contributed by atoms with Gasteiger partial charge in [-0.1, -0.05) is 102 Å². The van der Waals surface area contributed by atoms with Crippen molar-refractivity contribution in [2.45, 2.75) is 95.3 Å². The minimum Gasteiger partial charge on any atom is -0.744 e. The maximum Gasteiger partial charge on any atom is 1.00 e. The van der Waals surface area contributed by atoms with Gasteiger partial charge in [-0.25, -0.2) is 8.42 Å². The zero-order valence-corrected chi connectivity index (χ0v) is 22.2. The van der Waals surface area contributed by atoms with E-state index in [1.165, 1.54) is 88.3 Å². The number of hydrogen-bond acceptors (Lipinski definition) is 3. The van der Waals surface area contributed by atoms with E-state index < -0.39 is 10.1 Å². The SMILES string of the molecule is CCCCCCCCCCCCCCc1ccc2ccc(S(=O)(=O)[O-])cc2c1.[K+]. The fraction of sp³-hybridized carbons (Fsp3) is 0.583. The first-order valence-corrected chi connectivity index (χ1v) is 12.4. The Labute approximate surface area is 220 Å². The van der Waals surface area contributed by atoms with Crippen molar-refractivity contribution in [2.75, 3.05) is 0 Å². The molecular formula is C24H35KO3S. The van der Waals surface area contributed by atoms with E-state index >= 15 is 0 Å². The van der Waals surface area contributed by atoms with E-state index in [9.17, 15) is 13.0 Å². The molecule has 3 nitrogen and oxygen atoms in total. The van der Waals surface area contributed by atoms with Crippen molar-refractivity contribution in [2.24, 2.45) is 0 Å². The largest absolute Gasteiger partial charge is 1.00 e. The fourth-order valence-corrected chi connectivity index (χ4v) is 4.26. The molecule has 0 N–H and O–H groups in total. The van der Waals surface area contributed by atoms with E-state index in [4.69, 9.17) is 0 Å².